The van der Waals surface area contributed by atoms with Crippen LogP contribution in [0.3, 0.4) is 0 Å². The Morgan fingerprint density at radius 2 is 1.52 bits per heavy atom. The van der Waals surface area contributed by atoms with Gasteiger partial charge >= 0.3 is 6.01 Å². The molecule has 8 heterocycles. The Morgan fingerprint density at radius 1 is 0.808 bits per heavy atom. The Bertz CT molecular complexity index is 2790. The molecular weight excluding hydrogens is 923 g/mol. The molecule has 5 aliphatic heterocycles. The third-order valence-electron chi connectivity index (χ3n) is 18.3. The number of nitrogens with one attached hydrogen (secondary N) is 2. The van der Waals surface area contributed by atoms with Crippen LogP contribution in [-0.2, 0) is 29.4 Å². The molecule has 4 saturated heterocycles. The minimum atomic E-state index is -0.691. The zero-order chi connectivity index (χ0) is 50.2. The molecule has 3 aliphatic carbocycles. The highest BCUT2D eigenvalue weighted by atomic mass is 16.5. The first-order valence-electron chi connectivity index (χ1n) is 27.6. The van der Waals surface area contributed by atoms with Gasteiger partial charge in [-0.3, -0.25) is 29.3 Å². The standard InChI is InChI=1S/C56H71N11O6/c1-34(2)66-33-59-45-30-44(61-49(48(45)66)60-38-10-11-38)36-9-15-43-46(27-36)67(40-28-39(29-40)63-21-5-4-6-22-63)53(72)56(43)19-25-65(26-20-56)52(71)55(3)17-23-64(24-18-55)51(70)35-7-12-41(13-8-35)73-54-57-31-37(32-58-54)42-14-16-47(68)62-50(42)69/h9,15,27,30-35,38-42H,4-8,10-14,16-26,28-29H2,1-3H3,(H,60,61)(H,62,68,69). The van der Waals surface area contributed by atoms with Crippen molar-refractivity contribution in [1.82, 2.24) is 44.5 Å². The molecule has 2 N–H and O–H groups in total. The van der Waals surface area contributed by atoms with Gasteiger partial charge in [-0.25, -0.2) is 19.9 Å². The van der Waals surface area contributed by atoms with Crippen LogP contribution < -0.4 is 20.3 Å². The number of likely N-dealkylation sites (tertiary alicyclic amines) is 3. The lowest BCUT2D eigenvalue weighted by Crippen LogP contribution is -2.59. The molecule has 4 aromatic rings. The minimum Gasteiger partial charge on any atom is -0.460 e. The maximum atomic E-state index is 15.3. The zero-order valence-electron chi connectivity index (χ0n) is 42.8. The number of anilines is 2. The van der Waals surface area contributed by atoms with Crippen molar-refractivity contribution >= 4 is 52.1 Å². The van der Waals surface area contributed by atoms with E-state index in [2.05, 4.69) is 80.0 Å². The van der Waals surface area contributed by atoms with Crippen molar-refractivity contribution in [2.75, 3.05) is 49.5 Å². The van der Waals surface area contributed by atoms with E-state index in [1.54, 1.807) is 12.4 Å². The second-order valence-electron chi connectivity index (χ2n) is 23.3. The second kappa shape index (κ2) is 19.1. The van der Waals surface area contributed by atoms with Crippen molar-refractivity contribution < 1.29 is 28.7 Å². The summed E-state index contributed by atoms with van der Waals surface area (Å²) in [6.45, 7) is 10.8. The number of nitrogens with zero attached hydrogens (tertiary/aromatic N) is 9. The predicted molar refractivity (Wildman–Crippen MR) is 275 cm³/mol. The number of benzene rings is 1. The second-order valence-corrected chi connectivity index (χ2v) is 23.3. The molecule has 1 aromatic carbocycles. The SMILES string of the molecule is CC(C)n1cnc2cc(-c3ccc4c(c3)N(C3CC(N5CCCCC5)C3)C(=O)C43CCN(C(=O)C4(C)CCN(C(=O)C5CCC(Oc6ncc(C7CCC(=O)NC7=O)cn6)CC5)CC4)CC3)nc(NC3CC3)c21. The van der Waals surface area contributed by atoms with E-state index < -0.39 is 16.7 Å². The van der Waals surface area contributed by atoms with Gasteiger partial charge in [0.2, 0.25) is 29.5 Å². The van der Waals surface area contributed by atoms with E-state index in [9.17, 15) is 19.2 Å². The minimum absolute atomic E-state index is 0.0941. The first-order valence-corrected chi connectivity index (χ1v) is 27.6. The molecule has 3 saturated carbocycles. The molecule has 1 atom stereocenters. The number of piperidine rings is 4. The summed E-state index contributed by atoms with van der Waals surface area (Å²) in [6.07, 6.45) is 19.0. The summed E-state index contributed by atoms with van der Waals surface area (Å²) in [5.41, 5.74) is 5.25. The molecule has 17 heteroatoms. The van der Waals surface area contributed by atoms with Gasteiger partial charge in [0.15, 0.2) is 5.82 Å². The number of ether oxygens (including phenoxy) is 1. The number of imidazole rings is 1. The van der Waals surface area contributed by atoms with Crippen LogP contribution >= 0.6 is 0 Å². The third-order valence-corrected chi connectivity index (χ3v) is 18.3. The van der Waals surface area contributed by atoms with Gasteiger partial charge in [-0.05, 0) is 141 Å². The van der Waals surface area contributed by atoms with Crippen LogP contribution in [0, 0.1) is 11.3 Å². The number of hydrogen-bond donors (Lipinski definition) is 2. The summed E-state index contributed by atoms with van der Waals surface area (Å²) in [7, 11) is 0. The summed E-state index contributed by atoms with van der Waals surface area (Å²) in [4.78, 5) is 95.3. The van der Waals surface area contributed by atoms with E-state index in [4.69, 9.17) is 14.7 Å². The fraction of sp³-hybridized carbons (Fsp3) is 0.625. The lowest BCUT2D eigenvalue weighted by molar-refractivity contribution is -0.150. The van der Waals surface area contributed by atoms with E-state index in [1.807, 2.05) is 16.1 Å². The van der Waals surface area contributed by atoms with Gasteiger partial charge in [0.25, 0.3) is 0 Å². The summed E-state index contributed by atoms with van der Waals surface area (Å²) >= 11 is 0. The van der Waals surface area contributed by atoms with Crippen LogP contribution in [0.25, 0.3) is 22.3 Å². The highest BCUT2D eigenvalue weighted by Gasteiger charge is 2.57. The van der Waals surface area contributed by atoms with Gasteiger partial charge in [0, 0.05) is 97.3 Å². The maximum Gasteiger partial charge on any atom is 0.316 e. The number of fused-ring (bicyclic) bond motifs is 3. The summed E-state index contributed by atoms with van der Waals surface area (Å²) in [6, 6.07) is 10.2. The van der Waals surface area contributed by atoms with Crippen molar-refractivity contribution in [1.29, 1.82) is 0 Å². The van der Waals surface area contributed by atoms with Crippen LogP contribution in [0.1, 0.15) is 153 Å². The molecule has 7 fully saturated rings. The Balaban J connectivity index is 0.691. The molecule has 73 heavy (non-hydrogen) atoms. The number of rotatable bonds is 11. The number of hydrogen-bond acceptors (Lipinski definition) is 12. The van der Waals surface area contributed by atoms with Crippen LogP contribution in [0.15, 0.2) is 43.0 Å². The average Bonchev–Trinajstić information content (AvgIpc) is 4.06. The molecule has 0 radical (unpaired) electrons. The van der Waals surface area contributed by atoms with Crippen molar-refractivity contribution in [2.24, 2.45) is 11.3 Å². The summed E-state index contributed by atoms with van der Waals surface area (Å²) in [5, 5.41) is 6.08. The van der Waals surface area contributed by atoms with Gasteiger partial charge in [0.05, 0.1) is 28.9 Å². The van der Waals surface area contributed by atoms with E-state index in [0.717, 1.165) is 78.1 Å². The third kappa shape index (κ3) is 8.94. The first-order chi connectivity index (χ1) is 35.3. The number of carbonyl (C=O) groups excluding carboxylic acids is 5. The van der Waals surface area contributed by atoms with Gasteiger partial charge in [-0.15, -0.1) is 0 Å². The topological polar surface area (TPSA) is 188 Å². The monoisotopic (exact) mass is 994 g/mol. The molecule has 5 amide bonds. The first kappa shape index (κ1) is 48.0. The van der Waals surface area contributed by atoms with Gasteiger partial charge in [-0.1, -0.05) is 25.5 Å². The lowest BCUT2D eigenvalue weighted by Gasteiger charge is -2.48. The maximum absolute atomic E-state index is 15.3. The molecule has 12 rings (SSSR count). The normalized spacial score (nSPS) is 27.3. The predicted octanol–water partition coefficient (Wildman–Crippen LogP) is 7.05. The fourth-order valence-electron chi connectivity index (χ4n) is 13.4. The molecule has 0 bridgehead atoms. The summed E-state index contributed by atoms with van der Waals surface area (Å²) in [5.74, 6) is 0.223. The Morgan fingerprint density at radius 3 is 2.21 bits per heavy atom. The zero-order valence-corrected chi connectivity index (χ0v) is 42.8. The number of imide groups is 1. The Hall–Kier alpha value is -5.97. The molecule has 386 valence electrons. The van der Waals surface area contributed by atoms with Gasteiger partial charge < -0.3 is 34.2 Å². The average molecular weight is 994 g/mol. The van der Waals surface area contributed by atoms with Crippen molar-refractivity contribution in [3.05, 3.63) is 54.1 Å². The smallest absolute Gasteiger partial charge is 0.316 e. The largest absolute Gasteiger partial charge is 0.460 e. The van der Waals surface area contributed by atoms with Crippen LogP contribution in [0.2, 0.25) is 0 Å². The molecule has 1 unspecified atom stereocenters. The van der Waals surface area contributed by atoms with Crippen LogP contribution in [0.4, 0.5) is 11.5 Å². The lowest BCUT2D eigenvalue weighted by atomic mass is 9.72. The van der Waals surface area contributed by atoms with E-state index in [1.165, 1.54) is 19.3 Å². The molecular formula is C56H71N11O6. The highest BCUT2D eigenvalue weighted by molar-refractivity contribution is 6.09. The van der Waals surface area contributed by atoms with Gasteiger partial charge in [0.1, 0.15) is 11.6 Å². The van der Waals surface area contributed by atoms with E-state index in [0.29, 0.717) is 102 Å². The Labute approximate surface area is 427 Å². The van der Waals surface area contributed by atoms with Crippen LogP contribution in [-0.4, -0.2) is 132 Å². The molecule has 3 aromatic heterocycles. The van der Waals surface area contributed by atoms with Crippen molar-refractivity contribution in [3.63, 3.8) is 0 Å². The number of carbonyl (C=O) groups is 5. The van der Waals surface area contributed by atoms with Crippen molar-refractivity contribution in [2.45, 2.75) is 172 Å². The molecule has 17 nitrogen and oxygen atoms in total. The molecule has 8 aliphatic rings. The van der Waals surface area contributed by atoms with Gasteiger partial charge in [-0.2, -0.15) is 0 Å². The fourth-order valence-corrected chi connectivity index (χ4v) is 13.4. The quantitative estimate of drug-likeness (QED) is 0.146. The number of aromatic nitrogens is 5. The summed E-state index contributed by atoms with van der Waals surface area (Å²) < 4.78 is 8.30. The number of amides is 5. The van der Waals surface area contributed by atoms with E-state index in [-0.39, 0.29) is 66.1 Å². The van der Waals surface area contributed by atoms with Crippen molar-refractivity contribution in [3.8, 4) is 17.3 Å². The van der Waals surface area contributed by atoms with Crippen LogP contribution in [0.5, 0.6) is 6.01 Å². The highest BCUT2D eigenvalue weighted by Crippen LogP contribution is 2.53. The number of pyridine rings is 1. The van der Waals surface area contributed by atoms with E-state index >= 15 is 4.79 Å². The molecule has 1 spiro atoms. The Kier molecular flexibility index (Phi) is 12.5.